The third-order valence-electron chi connectivity index (χ3n) is 3.68. The molecule has 2 aromatic carbocycles. The van der Waals surface area contributed by atoms with E-state index < -0.39 is 12.6 Å². The molecule has 1 N–H and O–H groups in total. The highest BCUT2D eigenvalue weighted by atomic mass is 16.5. The van der Waals surface area contributed by atoms with Gasteiger partial charge in [0, 0.05) is 17.4 Å². The van der Waals surface area contributed by atoms with Gasteiger partial charge in [-0.05, 0) is 18.2 Å². The van der Waals surface area contributed by atoms with Gasteiger partial charge in [-0.25, -0.2) is 4.79 Å². The number of fused-ring (bicyclic) bond motifs is 1. The van der Waals surface area contributed by atoms with Crippen molar-refractivity contribution < 1.29 is 23.8 Å². The molecule has 0 atom stereocenters. The van der Waals surface area contributed by atoms with Crippen LogP contribution < -0.4 is 4.74 Å². The Bertz CT molecular complexity index is 907. The van der Waals surface area contributed by atoms with Crippen LogP contribution in [-0.2, 0) is 11.2 Å². The molecule has 1 heterocycles. The quantitative estimate of drug-likeness (QED) is 0.700. The van der Waals surface area contributed by atoms with Crippen molar-refractivity contribution in [3.63, 3.8) is 0 Å². The third-order valence-corrected chi connectivity index (χ3v) is 3.68. The number of furan rings is 1. The van der Waals surface area contributed by atoms with Gasteiger partial charge in [0.2, 0.25) is 0 Å². The molecule has 0 aliphatic heterocycles. The molecule has 0 saturated carbocycles. The van der Waals surface area contributed by atoms with Crippen molar-refractivity contribution in [3.8, 4) is 5.75 Å². The van der Waals surface area contributed by atoms with Crippen molar-refractivity contribution in [2.45, 2.75) is 13.3 Å². The number of hydrogen-bond acceptors (Lipinski definition) is 4. The Balaban J connectivity index is 2.00. The number of ether oxygens (including phenoxy) is 1. The van der Waals surface area contributed by atoms with E-state index in [0.29, 0.717) is 34.6 Å². The fourth-order valence-corrected chi connectivity index (χ4v) is 2.61. The van der Waals surface area contributed by atoms with Crippen LogP contribution in [0.2, 0.25) is 0 Å². The standard InChI is InChI=1S/C19H16O5/c1-2-15-18(14-8-3-4-9-16(14)24-15)19(22)12-6-5-7-13(10-12)23-11-17(20)21/h3-10H,2,11H2,1H3,(H,20,21). The summed E-state index contributed by atoms with van der Waals surface area (Å²) in [6.45, 7) is 1.48. The van der Waals surface area contributed by atoms with Gasteiger partial charge in [0.15, 0.2) is 12.4 Å². The summed E-state index contributed by atoms with van der Waals surface area (Å²) in [5.41, 5.74) is 1.65. The lowest BCUT2D eigenvalue weighted by Gasteiger charge is -2.06. The summed E-state index contributed by atoms with van der Waals surface area (Å²) in [5.74, 6) is -0.259. The highest BCUT2D eigenvalue weighted by Gasteiger charge is 2.21. The van der Waals surface area contributed by atoms with Crippen LogP contribution in [0.15, 0.2) is 52.9 Å². The molecule has 0 aliphatic rings. The van der Waals surface area contributed by atoms with E-state index in [1.54, 1.807) is 24.3 Å². The first-order valence-electron chi connectivity index (χ1n) is 7.60. The molecular weight excluding hydrogens is 308 g/mol. The zero-order chi connectivity index (χ0) is 17.1. The largest absolute Gasteiger partial charge is 0.482 e. The number of carbonyl (C=O) groups is 2. The van der Waals surface area contributed by atoms with Crippen LogP contribution in [-0.4, -0.2) is 23.5 Å². The topological polar surface area (TPSA) is 76.7 Å². The number of ketones is 1. The Morgan fingerprint density at radius 3 is 2.67 bits per heavy atom. The van der Waals surface area contributed by atoms with Gasteiger partial charge in [0.25, 0.3) is 0 Å². The van der Waals surface area contributed by atoms with Gasteiger partial charge in [-0.1, -0.05) is 37.3 Å². The number of aliphatic carboxylic acids is 1. The molecule has 0 unspecified atom stereocenters. The van der Waals surface area contributed by atoms with Crippen molar-refractivity contribution in [2.75, 3.05) is 6.61 Å². The summed E-state index contributed by atoms with van der Waals surface area (Å²) in [4.78, 5) is 23.6. The molecular formula is C19H16O5. The lowest BCUT2D eigenvalue weighted by Crippen LogP contribution is -2.10. The summed E-state index contributed by atoms with van der Waals surface area (Å²) < 4.78 is 10.9. The summed E-state index contributed by atoms with van der Waals surface area (Å²) >= 11 is 0. The van der Waals surface area contributed by atoms with Gasteiger partial charge in [-0.2, -0.15) is 0 Å². The summed E-state index contributed by atoms with van der Waals surface area (Å²) in [6, 6.07) is 13.9. The first-order chi connectivity index (χ1) is 11.6. The Kier molecular flexibility index (Phi) is 4.33. The average molecular weight is 324 g/mol. The molecule has 0 fully saturated rings. The minimum Gasteiger partial charge on any atom is -0.482 e. The zero-order valence-electron chi connectivity index (χ0n) is 13.1. The first-order valence-corrected chi connectivity index (χ1v) is 7.60. The van der Waals surface area contributed by atoms with Crippen LogP contribution >= 0.6 is 0 Å². The number of carbonyl (C=O) groups excluding carboxylic acids is 1. The van der Waals surface area contributed by atoms with Crippen molar-refractivity contribution >= 4 is 22.7 Å². The third kappa shape index (κ3) is 3.01. The van der Waals surface area contributed by atoms with Crippen LogP contribution in [0.5, 0.6) is 5.75 Å². The van der Waals surface area contributed by atoms with Gasteiger partial charge in [0.05, 0.1) is 5.56 Å². The number of rotatable bonds is 6. The highest BCUT2D eigenvalue weighted by molar-refractivity contribution is 6.17. The molecule has 0 radical (unpaired) electrons. The number of aryl methyl sites for hydroxylation is 1. The molecule has 5 nitrogen and oxygen atoms in total. The van der Waals surface area contributed by atoms with E-state index in [9.17, 15) is 9.59 Å². The Morgan fingerprint density at radius 2 is 1.92 bits per heavy atom. The van der Waals surface area contributed by atoms with Crippen LogP contribution in [0.3, 0.4) is 0 Å². The zero-order valence-corrected chi connectivity index (χ0v) is 13.1. The maximum Gasteiger partial charge on any atom is 0.341 e. The second-order valence-corrected chi connectivity index (χ2v) is 5.29. The van der Waals surface area contributed by atoms with Crippen molar-refractivity contribution in [2.24, 2.45) is 0 Å². The molecule has 3 rings (SSSR count). The van der Waals surface area contributed by atoms with Crippen LogP contribution in [0, 0.1) is 0 Å². The number of hydrogen-bond donors (Lipinski definition) is 1. The lowest BCUT2D eigenvalue weighted by molar-refractivity contribution is -0.139. The van der Waals surface area contributed by atoms with E-state index in [0.717, 1.165) is 5.39 Å². The lowest BCUT2D eigenvalue weighted by atomic mass is 9.99. The summed E-state index contributed by atoms with van der Waals surface area (Å²) in [5, 5.41) is 9.46. The molecule has 5 heteroatoms. The van der Waals surface area contributed by atoms with Crippen LogP contribution in [0.1, 0.15) is 28.6 Å². The van der Waals surface area contributed by atoms with Gasteiger partial charge in [0.1, 0.15) is 17.1 Å². The van der Waals surface area contributed by atoms with Crippen molar-refractivity contribution in [3.05, 3.63) is 65.4 Å². The number of benzene rings is 2. The molecule has 1 aromatic heterocycles. The first kappa shape index (κ1) is 15.8. The fraction of sp³-hybridized carbons (Fsp3) is 0.158. The van der Waals surface area contributed by atoms with E-state index in [1.807, 2.05) is 31.2 Å². The van der Waals surface area contributed by atoms with Crippen LogP contribution in [0.25, 0.3) is 11.0 Å². The van der Waals surface area contributed by atoms with Gasteiger partial charge >= 0.3 is 5.97 Å². The maximum atomic E-state index is 13.0. The summed E-state index contributed by atoms with van der Waals surface area (Å²) in [6.07, 6.45) is 0.602. The molecule has 24 heavy (non-hydrogen) atoms. The molecule has 122 valence electrons. The Hall–Kier alpha value is -3.08. The minimum atomic E-state index is -1.07. The molecule has 0 spiro atoms. The SMILES string of the molecule is CCc1oc2ccccc2c1C(=O)c1cccc(OCC(=O)O)c1. The molecule has 0 bridgehead atoms. The second kappa shape index (κ2) is 6.58. The van der Waals surface area contributed by atoms with Crippen LogP contribution in [0.4, 0.5) is 0 Å². The van der Waals surface area contributed by atoms with Crippen molar-refractivity contribution in [1.29, 1.82) is 0 Å². The highest BCUT2D eigenvalue weighted by Crippen LogP contribution is 2.29. The average Bonchev–Trinajstić information content (AvgIpc) is 2.98. The van der Waals surface area contributed by atoms with E-state index in [2.05, 4.69) is 0 Å². The van der Waals surface area contributed by atoms with Crippen molar-refractivity contribution in [1.82, 2.24) is 0 Å². The predicted octanol–water partition coefficient (Wildman–Crippen LogP) is 3.69. The molecule has 0 saturated heterocycles. The Labute approximate surface area is 138 Å². The normalized spacial score (nSPS) is 10.7. The van der Waals surface area contributed by atoms with E-state index in [-0.39, 0.29) is 5.78 Å². The molecule has 0 aliphatic carbocycles. The number of carboxylic acids is 1. The maximum absolute atomic E-state index is 13.0. The second-order valence-electron chi connectivity index (χ2n) is 5.29. The predicted molar refractivity (Wildman–Crippen MR) is 88.6 cm³/mol. The van der Waals surface area contributed by atoms with Gasteiger partial charge in [-0.3, -0.25) is 4.79 Å². The Morgan fingerprint density at radius 1 is 1.12 bits per heavy atom. The van der Waals surface area contributed by atoms with E-state index in [4.69, 9.17) is 14.3 Å². The fourth-order valence-electron chi connectivity index (χ4n) is 2.61. The van der Waals surface area contributed by atoms with E-state index >= 15 is 0 Å². The number of carboxylic acid groups (broad SMARTS) is 1. The minimum absolute atomic E-state index is 0.169. The molecule has 0 amide bonds. The summed E-state index contributed by atoms with van der Waals surface area (Å²) in [7, 11) is 0. The smallest absolute Gasteiger partial charge is 0.341 e. The number of para-hydroxylation sites is 1. The van der Waals surface area contributed by atoms with Gasteiger partial charge < -0.3 is 14.3 Å². The van der Waals surface area contributed by atoms with Gasteiger partial charge in [-0.15, -0.1) is 0 Å². The molecule has 3 aromatic rings. The monoisotopic (exact) mass is 324 g/mol. The van der Waals surface area contributed by atoms with E-state index in [1.165, 1.54) is 0 Å².